The van der Waals surface area contributed by atoms with E-state index >= 15 is 0 Å². The SMILES string of the molecule is O.[Fe].[Mo].[V]. The first kappa shape index (κ1) is 42.3. The van der Waals surface area contributed by atoms with Gasteiger partial charge in [0, 0.05) is 56.7 Å². The van der Waals surface area contributed by atoms with E-state index in [9.17, 15) is 0 Å². The zero-order valence-electron chi connectivity index (χ0n) is 1.71. The fourth-order valence-corrected chi connectivity index (χ4v) is 0. The first-order valence-corrected chi connectivity index (χ1v) is 0. The first-order chi connectivity index (χ1) is 0. The van der Waals surface area contributed by atoms with Gasteiger partial charge in [0.15, 0.2) is 0 Å². The van der Waals surface area contributed by atoms with E-state index in [1.807, 2.05) is 0 Å². The van der Waals surface area contributed by atoms with E-state index in [0.29, 0.717) is 0 Å². The second kappa shape index (κ2) is 21.8. The molecular formula is H2FeMoOV. The fourth-order valence-electron chi connectivity index (χ4n) is 0. The second-order valence-corrected chi connectivity index (χ2v) is 0. The molecule has 0 aromatic heterocycles. The fraction of sp³-hybridized carbons (Fsp3) is 0. The summed E-state index contributed by atoms with van der Waals surface area (Å²) in [5, 5.41) is 0. The van der Waals surface area contributed by atoms with E-state index in [1.165, 1.54) is 0 Å². The minimum atomic E-state index is 0. The molecule has 0 aromatic rings. The van der Waals surface area contributed by atoms with Crippen LogP contribution in [0.4, 0.5) is 0 Å². The Morgan fingerprint density at radius 2 is 1.00 bits per heavy atom. The van der Waals surface area contributed by atoms with Crippen LogP contribution in [-0.4, -0.2) is 5.48 Å². The van der Waals surface area contributed by atoms with Gasteiger partial charge in [-0.05, 0) is 0 Å². The van der Waals surface area contributed by atoms with Crippen molar-refractivity contribution in [3.63, 3.8) is 0 Å². The Morgan fingerprint density at radius 3 is 1.00 bits per heavy atom. The number of hydrogen-bond donors (Lipinski definition) is 0. The summed E-state index contributed by atoms with van der Waals surface area (Å²) in [5.41, 5.74) is 0. The Kier molecular flexibility index (Phi) is 231. The van der Waals surface area contributed by atoms with Crippen molar-refractivity contribution in [2.45, 2.75) is 0 Å². The van der Waals surface area contributed by atoms with Crippen LogP contribution in [0, 0.1) is 0 Å². The number of rotatable bonds is 0. The van der Waals surface area contributed by atoms with Crippen molar-refractivity contribution in [3.05, 3.63) is 0 Å². The maximum Gasteiger partial charge on any atom is 0 e. The minimum Gasteiger partial charge on any atom is -0.412 e. The molecule has 1 nitrogen and oxygen atoms in total. The van der Waals surface area contributed by atoms with Gasteiger partial charge >= 0.3 is 0 Å². The van der Waals surface area contributed by atoms with Gasteiger partial charge in [0.2, 0.25) is 0 Å². The van der Waals surface area contributed by atoms with Crippen LogP contribution in [0.1, 0.15) is 0 Å². The Morgan fingerprint density at radius 1 is 1.00 bits per heavy atom. The summed E-state index contributed by atoms with van der Waals surface area (Å²) in [6, 6.07) is 0. The Balaban J connectivity index is 0. The van der Waals surface area contributed by atoms with Gasteiger partial charge in [-0.2, -0.15) is 0 Å². The van der Waals surface area contributed by atoms with E-state index in [1.54, 1.807) is 0 Å². The Labute approximate surface area is 61.8 Å². The van der Waals surface area contributed by atoms with Gasteiger partial charge in [-0.25, -0.2) is 0 Å². The molecule has 4 heteroatoms. The van der Waals surface area contributed by atoms with Crippen LogP contribution in [0.15, 0.2) is 0 Å². The third-order valence-electron chi connectivity index (χ3n) is 0. The molecule has 0 heterocycles. The summed E-state index contributed by atoms with van der Waals surface area (Å²) in [4.78, 5) is 0. The smallest absolute Gasteiger partial charge is 0 e. The van der Waals surface area contributed by atoms with Crippen molar-refractivity contribution in [1.82, 2.24) is 0 Å². The maximum atomic E-state index is 0. The van der Waals surface area contributed by atoms with Crippen molar-refractivity contribution in [2.75, 3.05) is 0 Å². The van der Waals surface area contributed by atoms with Gasteiger partial charge in [0.25, 0.3) is 0 Å². The molecule has 0 saturated heterocycles. The maximum absolute atomic E-state index is 0. The third kappa shape index (κ3) is 9.26. The quantitative estimate of drug-likeness (QED) is 0.478. The molecule has 2 N–H and O–H groups in total. The topological polar surface area (TPSA) is 31.5 Å². The summed E-state index contributed by atoms with van der Waals surface area (Å²) >= 11 is 0. The van der Waals surface area contributed by atoms with Crippen molar-refractivity contribution < 1.29 is 62.2 Å². The van der Waals surface area contributed by atoms with Gasteiger partial charge in [0.05, 0.1) is 0 Å². The van der Waals surface area contributed by atoms with Crippen molar-refractivity contribution >= 4 is 0 Å². The molecule has 0 rings (SSSR count). The molecule has 0 aliphatic carbocycles. The molecule has 0 aliphatic rings. The van der Waals surface area contributed by atoms with Gasteiger partial charge < -0.3 is 5.48 Å². The Hall–Kier alpha value is 1.75. The van der Waals surface area contributed by atoms with E-state index in [0.717, 1.165) is 0 Å². The van der Waals surface area contributed by atoms with Gasteiger partial charge in [-0.3, -0.25) is 0 Å². The first-order valence-electron chi connectivity index (χ1n) is 0. The molecule has 1 radical (unpaired) electrons. The average molecular weight is 221 g/mol. The second-order valence-electron chi connectivity index (χ2n) is 0. The minimum absolute atomic E-state index is 0. The van der Waals surface area contributed by atoms with Crippen LogP contribution in [0.2, 0.25) is 0 Å². The molecule has 0 fully saturated rings. The van der Waals surface area contributed by atoms with Gasteiger partial charge in [-0.15, -0.1) is 0 Å². The van der Waals surface area contributed by atoms with E-state index in [4.69, 9.17) is 0 Å². The van der Waals surface area contributed by atoms with E-state index in [-0.39, 0.29) is 62.2 Å². The third-order valence-corrected chi connectivity index (χ3v) is 0. The molecule has 0 amide bonds. The van der Waals surface area contributed by atoms with Crippen LogP contribution in [0.5, 0.6) is 0 Å². The predicted octanol–water partition coefficient (Wildman–Crippen LogP) is -0.832. The monoisotopic (exact) mass is 223 g/mol. The van der Waals surface area contributed by atoms with Crippen LogP contribution in [-0.2, 0) is 56.7 Å². The summed E-state index contributed by atoms with van der Waals surface area (Å²) < 4.78 is 0. The van der Waals surface area contributed by atoms with Crippen LogP contribution >= 0.6 is 0 Å². The molecule has 0 aliphatic heterocycles. The predicted molar refractivity (Wildman–Crippen MR) is 3.61 cm³/mol. The molecule has 0 atom stereocenters. The number of hydrogen-bond acceptors (Lipinski definition) is 0. The van der Waals surface area contributed by atoms with Gasteiger partial charge in [-0.1, -0.05) is 0 Å². The summed E-state index contributed by atoms with van der Waals surface area (Å²) in [5.74, 6) is 0. The molecule has 0 aromatic carbocycles. The van der Waals surface area contributed by atoms with Crippen molar-refractivity contribution in [3.8, 4) is 0 Å². The van der Waals surface area contributed by atoms with Crippen molar-refractivity contribution in [1.29, 1.82) is 0 Å². The van der Waals surface area contributed by atoms with E-state index in [2.05, 4.69) is 0 Å². The molecule has 0 unspecified atom stereocenters. The molecule has 27 valence electrons. The average Bonchev–Trinajstić information content (AvgIpc) is 0. The van der Waals surface area contributed by atoms with E-state index < -0.39 is 0 Å². The summed E-state index contributed by atoms with van der Waals surface area (Å²) in [7, 11) is 0. The van der Waals surface area contributed by atoms with Gasteiger partial charge in [0.1, 0.15) is 0 Å². The summed E-state index contributed by atoms with van der Waals surface area (Å²) in [6.07, 6.45) is 0. The van der Waals surface area contributed by atoms with Crippen LogP contribution < -0.4 is 0 Å². The molecule has 0 spiro atoms. The molecule has 4 heavy (non-hydrogen) atoms. The molecular weight excluding hydrogens is 219 g/mol. The largest absolute Gasteiger partial charge is 0.412 e. The van der Waals surface area contributed by atoms with Crippen LogP contribution in [0.3, 0.4) is 0 Å². The zero-order chi connectivity index (χ0) is 0. The molecule has 0 bridgehead atoms. The summed E-state index contributed by atoms with van der Waals surface area (Å²) in [6.45, 7) is 0. The Bertz CT molecular complexity index is 8.00. The standard InChI is InChI=1S/Fe.Mo.H2O.V/h;;1H2;. The van der Waals surface area contributed by atoms with Crippen molar-refractivity contribution in [2.24, 2.45) is 0 Å². The zero-order valence-corrected chi connectivity index (χ0v) is 6.22. The van der Waals surface area contributed by atoms with Crippen LogP contribution in [0.25, 0.3) is 0 Å². The molecule has 0 saturated carbocycles. The normalized spacial score (nSPS) is 0.